The lowest BCUT2D eigenvalue weighted by Crippen LogP contribution is -2.61. The zero-order chi connectivity index (χ0) is 18.1. The number of hydrogen-bond acceptors (Lipinski definition) is 4. The highest BCUT2D eigenvalue weighted by Crippen LogP contribution is 2.55. The van der Waals surface area contributed by atoms with Gasteiger partial charge in [0, 0.05) is 18.1 Å². The summed E-state index contributed by atoms with van der Waals surface area (Å²) in [6.07, 6.45) is 1.89. The van der Waals surface area contributed by atoms with E-state index in [0.717, 1.165) is 16.5 Å². The van der Waals surface area contributed by atoms with Crippen LogP contribution in [0.4, 0.5) is 11.4 Å². The topological polar surface area (TPSA) is 45.1 Å². The van der Waals surface area contributed by atoms with E-state index in [2.05, 4.69) is 30.9 Å². The zero-order valence-corrected chi connectivity index (χ0v) is 15.0. The number of aliphatic imine (C=N–C) groups is 1. The number of anilines is 1. The number of phenols is 1. The molecule has 0 aliphatic carbocycles. The fraction of sp³-hybridized carbons (Fsp3) is 0.227. The number of phenolic OH excluding ortho intramolecular Hbond substituents is 1. The molecule has 0 saturated heterocycles. The first-order chi connectivity index (χ1) is 12.5. The molecule has 0 bridgehead atoms. The van der Waals surface area contributed by atoms with E-state index in [1.54, 1.807) is 6.07 Å². The number of hydrogen-bond donors (Lipinski definition) is 1. The lowest BCUT2D eigenvalue weighted by molar-refractivity contribution is 0.0794. The SMILES string of the molecule is CN1c2ccccc2C(C)(C)C12C=Nc1c(c(O)cc3ccccc13)O2. The van der Waals surface area contributed by atoms with Gasteiger partial charge in [0.2, 0.25) is 5.72 Å². The van der Waals surface area contributed by atoms with E-state index < -0.39 is 5.72 Å². The third-order valence-corrected chi connectivity index (χ3v) is 5.91. The summed E-state index contributed by atoms with van der Waals surface area (Å²) in [7, 11) is 2.02. The van der Waals surface area contributed by atoms with Crippen molar-refractivity contribution in [2.24, 2.45) is 4.99 Å². The van der Waals surface area contributed by atoms with Crippen molar-refractivity contribution in [1.82, 2.24) is 0 Å². The molecule has 3 aromatic rings. The number of likely N-dealkylation sites (N-methyl/N-ethyl adjacent to an activating group) is 1. The van der Waals surface area contributed by atoms with Gasteiger partial charge in [0.05, 0.1) is 11.6 Å². The molecule has 0 saturated carbocycles. The highest BCUT2D eigenvalue weighted by atomic mass is 16.5. The highest BCUT2D eigenvalue weighted by molar-refractivity contribution is 6.01. The first kappa shape index (κ1) is 15.3. The third kappa shape index (κ3) is 1.66. The lowest BCUT2D eigenvalue weighted by Gasteiger charge is -2.45. The Morgan fingerprint density at radius 1 is 1.04 bits per heavy atom. The van der Waals surface area contributed by atoms with Crippen LogP contribution in [0.1, 0.15) is 19.4 Å². The number of aromatic hydroxyl groups is 1. The van der Waals surface area contributed by atoms with E-state index in [1.807, 2.05) is 49.7 Å². The zero-order valence-electron chi connectivity index (χ0n) is 15.0. The van der Waals surface area contributed by atoms with Crippen molar-refractivity contribution in [1.29, 1.82) is 0 Å². The van der Waals surface area contributed by atoms with Crippen molar-refractivity contribution < 1.29 is 9.84 Å². The van der Waals surface area contributed by atoms with E-state index in [4.69, 9.17) is 9.73 Å². The van der Waals surface area contributed by atoms with Gasteiger partial charge in [0.1, 0.15) is 5.69 Å². The Morgan fingerprint density at radius 3 is 2.58 bits per heavy atom. The van der Waals surface area contributed by atoms with Gasteiger partial charge in [-0.25, -0.2) is 0 Å². The van der Waals surface area contributed by atoms with E-state index in [9.17, 15) is 5.11 Å². The molecule has 0 fully saturated rings. The van der Waals surface area contributed by atoms with Crippen molar-refractivity contribution >= 4 is 28.4 Å². The van der Waals surface area contributed by atoms with E-state index in [-0.39, 0.29) is 11.2 Å². The maximum absolute atomic E-state index is 10.7. The molecule has 1 N–H and O–H groups in total. The number of rotatable bonds is 0. The van der Waals surface area contributed by atoms with Crippen LogP contribution in [-0.4, -0.2) is 24.1 Å². The molecule has 130 valence electrons. The van der Waals surface area contributed by atoms with Crippen molar-refractivity contribution in [2.75, 3.05) is 11.9 Å². The molecule has 1 atom stereocenters. The summed E-state index contributed by atoms with van der Waals surface area (Å²) in [6.45, 7) is 4.31. The maximum Gasteiger partial charge on any atom is 0.228 e. The predicted molar refractivity (Wildman–Crippen MR) is 105 cm³/mol. The molecule has 1 unspecified atom stereocenters. The van der Waals surface area contributed by atoms with Crippen LogP contribution in [0.2, 0.25) is 0 Å². The molecule has 4 nitrogen and oxygen atoms in total. The molecule has 0 radical (unpaired) electrons. The molecule has 0 amide bonds. The van der Waals surface area contributed by atoms with Gasteiger partial charge in [0.25, 0.3) is 0 Å². The van der Waals surface area contributed by atoms with Gasteiger partial charge in [-0.05, 0) is 36.9 Å². The summed E-state index contributed by atoms with van der Waals surface area (Å²) in [5.41, 5.74) is 1.89. The summed E-state index contributed by atoms with van der Waals surface area (Å²) >= 11 is 0. The fourth-order valence-corrected chi connectivity index (χ4v) is 4.39. The van der Waals surface area contributed by atoms with Gasteiger partial charge in [-0.1, -0.05) is 42.5 Å². The number of benzene rings is 3. The Kier molecular flexibility index (Phi) is 2.81. The van der Waals surface area contributed by atoms with Crippen LogP contribution in [0.5, 0.6) is 11.5 Å². The van der Waals surface area contributed by atoms with E-state index >= 15 is 0 Å². The van der Waals surface area contributed by atoms with E-state index in [0.29, 0.717) is 11.4 Å². The minimum absolute atomic E-state index is 0.120. The largest absolute Gasteiger partial charge is 0.504 e. The number of fused-ring (bicyclic) bond motifs is 4. The molecule has 1 spiro atoms. The second-order valence-electron chi connectivity index (χ2n) is 7.55. The summed E-state index contributed by atoms with van der Waals surface area (Å²) in [4.78, 5) is 6.91. The molecule has 3 aromatic carbocycles. The van der Waals surface area contributed by atoms with Crippen LogP contribution < -0.4 is 9.64 Å². The van der Waals surface area contributed by atoms with Crippen molar-refractivity contribution in [2.45, 2.75) is 25.0 Å². The monoisotopic (exact) mass is 344 g/mol. The van der Waals surface area contributed by atoms with Gasteiger partial charge in [0.15, 0.2) is 11.5 Å². The number of nitrogens with zero attached hydrogens (tertiary/aromatic N) is 2. The molecule has 26 heavy (non-hydrogen) atoms. The second kappa shape index (κ2) is 4.79. The van der Waals surface area contributed by atoms with Gasteiger partial charge >= 0.3 is 0 Å². The minimum Gasteiger partial charge on any atom is -0.504 e. The lowest BCUT2D eigenvalue weighted by atomic mass is 9.77. The Bertz CT molecular complexity index is 1090. The molecule has 5 rings (SSSR count). The molecular formula is C22H20N2O2. The van der Waals surface area contributed by atoms with E-state index in [1.165, 1.54) is 5.56 Å². The van der Waals surface area contributed by atoms with Crippen molar-refractivity contribution in [3.05, 3.63) is 60.2 Å². The average Bonchev–Trinajstić information content (AvgIpc) is 2.81. The van der Waals surface area contributed by atoms with Crippen LogP contribution in [0.3, 0.4) is 0 Å². The quantitative estimate of drug-likeness (QED) is 0.639. The summed E-state index contributed by atoms with van der Waals surface area (Å²) in [5, 5.41) is 12.6. The van der Waals surface area contributed by atoms with Gasteiger partial charge in [-0.15, -0.1) is 0 Å². The Morgan fingerprint density at radius 2 is 1.77 bits per heavy atom. The fourth-order valence-electron chi connectivity index (χ4n) is 4.39. The first-order valence-corrected chi connectivity index (χ1v) is 8.78. The standard InChI is InChI=1S/C22H20N2O2/c1-21(2)16-10-6-7-11-17(16)24(3)22(21)13-23-19-15-9-5-4-8-14(15)12-18(25)20(19)26-22/h4-13,25H,1-3H3. The van der Waals surface area contributed by atoms with Gasteiger partial charge < -0.3 is 14.7 Å². The molecule has 0 aromatic heterocycles. The van der Waals surface area contributed by atoms with Crippen LogP contribution in [0, 0.1) is 0 Å². The highest BCUT2D eigenvalue weighted by Gasteiger charge is 2.58. The second-order valence-corrected chi connectivity index (χ2v) is 7.55. The molecule has 2 aliphatic heterocycles. The minimum atomic E-state index is -0.788. The third-order valence-electron chi connectivity index (χ3n) is 5.91. The average molecular weight is 344 g/mol. The van der Waals surface area contributed by atoms with Crippen molar-refractivity contribution in [3.8, 4) is 11.5 Å². The summed E-state index contributed by atoms with van der Waals surface area (Å²) in [5.74, 6) is 0.564. The normalized spacial score (nSPS) is 22.3. The van der Waals surface area contributed by atoms with Crippen LogP contribution >= 0.6 is 0 Å². The number of para-hydroxylation sites is 1. The summed E-state index contributed by atoms with van der Waals surface area (Å²) < 4.78 is 6.56. The Hall–Kier alpha value is -3.01. The maximum atomic E-state index is 10.7. The smallest absolute Gasteiger partial charge is 0.228 e. The van der Waals surface area contributed by atoms with Crippen LogP contribution in [-0.2, 0) is 5.41 Å². The van der Waals surface area contributed by atoms with Crippen molar-refractivity contribution in [3.63, 3.8) is 0 Å². The molecule has 2 heterocycles. The first-order valence-electron chi connectivity index (χ1n) is 8.78. The van der Waals surface area contributed by atoms with Gasteiger partial charge in [-0.2, -0.15) is 0 Å². The molecule has 4 heteroatoms. The Balaban J connectivity index is 1.75. The molecular weight excluding hydrogens is 324 g/mol. The molecule has 2 aliphatic rings. The van der Waals surface area contributed by atoms with Crippen LogP contribution in [0.15, 0.2) is 59.6 Å². The van der Waals surface area contributed by atoms with Crippen LogP contribution in [0.25, 0.3) is 10.8 Å². The Labute approximate surface area is 152 Å². The van der Waals surface area contributed by atoms with Gasteiger partial charge in [-0.3, -0.25) is 4.99 Å². The predicted octanol–water partition coefficient (Wildman–Crippen LogP) is 4.76. The number of ether oxygens (including phenoxy) is 1. The summed E-state index contributed by atoms with van der Waals surface area (Å²) in [6, 6.07) is 18.0.